The maximum atomic E-state index is 13.7. The van der Waals surface area contributed by atoms with Gasteiger partial charge in [-0.3, -0.25) is 9.59 Å². The van der Waals surface area contributed by atoms with E-state index in [-0.39, 0.29) is 23.4 Å². The summed E-state index contributed by atoms with van der Waals surface area (Å²) in [5.74, 6) is 2.23. The molecule has 2 nitrogen and oxygen atoms in total. The number of Topliss-reactive ketones (excluding diaryl/α,β-unsaturated/α-hetero) is 2. The molecule has 224 valence electrons. The first-order chi connectivity index (χ1) is 21.3. The molecule has 5 aromatic rings. The molecule has 0 saturated heterocycles. The average Bonchev–Trinajstić information content (AvgIpc) is 3.08. The Balaban J connectivity index is 0.000000285. The molecule has 0 amide bonds. The maximum Gasteiger partial charge on any atom is 0.163 e. The summed E-state index contributed by atoms with van der Waals surface area (Å²) in [6.45, 7) is 5.80. The summed E-state index contributed by atoms with van der Waals surface area (Å²) in [6.07, 6.45) is 0. The van der Waals surface area contributed by atoms with Gasteiger partial charge in [-0.05, 0) is 53.6 Å². The van der Waals surface area contributed by atoms with Gasteiger partial charge in [-0.1, -0.05) is 180 Å². The molecule has 5 aromatic carbocycles. The van der Waals surface area contributed by atoms with Crippen LogP contribution in [0, 0.1) is 13.8 Å². The molecule has 0 aliphatic rings. The number of halogens is 1. The average molecular weight is 664 g/mol. The zero-order valence-electron chi connectivity index (χ0n) is 25.9. The first-order valence-corrected chi connectivity index (χ1v) is 17.9. The lowest BCUT2D eigenvalue weighted by atomic mass is 9.97. The summed E-state index contributed by atoms with van der Waals surface area (Å²) in [5.41, 5.74) is 4.57. The van der Waals surface area contributed by atoms with Crippen molar-refractivity contribution in [1.29, 1.82) is 0 Å². The number of hydrogen-bond acceptors (Lipinski definition) is 2. The highest BCUT2D eigenvalue weighted by molar-refractivity contribution is 9.09. The molecule has 0 radical (unpaired) electrons. The van der Waals surface area contributed by atoms with Gasteiger partial charge in [0.1, 0.15) is 0 Å². The second kappa shape index (κ2) is 15.8. The molecule has 4 heteroatoms. The van der Waals surface area contributed by atoms with E-state index in [1.165, 1.54) is 27.0 Å². The van der Waals surface area contributed by atoms with Gasteiger partial charge in [0.15, 0.2) is 11.6 Å². The third-order valence-corrected chi connectivity index (χ3v) is 12.5. The number of rotatable bonds is 9. The zero-order chi connectivity index (χ0) is 31.5. The fourth-order valence-corrected chi connectivity index (χ4v) is 9.50. The van der Waals surface area contributed by atoms with E-state index in [0.717, 1.165) is 11.1 Å². The number of ketones is 2. The Bertz CT molecular complexity index is 1590. The number of hydrogen-bond donors (Lipinski definition) is 0. The fourth-order valence-electron chi connectivity index (χ4n) is 5.14. The molecule has 0 N–H and O–H groups in total. The number of alkyl halides is 1. The van der Waals surface area contributed by atoms with Crippen LogP contribution in [0.2, 0.25) is 0 Å². The number of aryl methyl sites for hydroxylation is 2. The molecule has 2 unspecified atom stereocenters. The van der Waals surface area contributed by atoms with Gasteiger partial charge in [0.2, 0.25) is 0 Å². The van der Waals surface area contributed by atoms with Crippen LogP contribution >= 0.6 is 22.8 Å². The van der Waals surface area contributed by atoms with Crippen molar-refractivity contribution >= 4 is 56.1 Å². The zero-order valence-corrected chi connectivity index (χ0v) is 28.3. The van der Waals surface area contributed by atoms with E-state index in [4.69, 9.17) is 0 Å². The minimum atomic E-state index is -2.27. The molecule has 2 atom stereocenters. The first kappa shape index (κ1) is 33.1. The molecule has 5 rings (SSSR count). The van der Waals surface area contributed by atoms with Crippen molar-refractivity contribution in [3.05, 3.63) is 162 Å². The first-order valence-electron chi connectivity index (χ1n) is 14.9. The molecular weight excluding hydrogens is 623 g/mol. The van der Waals surface area contributed by atoms with E-state index in [9.17, 15) is 9.59 Å². The highest BCUT2D eigenvalue weighted by Crippen LogP contribution is 2.44. The van der Waals surface area contributed by atoms with Gasteiger partial charge < -0.3 is 0 Å². The molecule has 0 bridgehead atoms. The molecule has 44 heavy (non-hydrogen) atoms. The lowest BCUT2D eigenvalue weighted by molar-refractivity contribution is -0.117. The van der Waals surface area contributed by atoms with Gasteiger partial charge in [0.25, 0.3) is 0 Å². The van der Waals surface area contributed by atoms with Crippen LogP contribution in [0.5, 0.6) is 0 Å². The quantitative estimate of drug-likeness (QED) is 0.117. The van der Waals surface area contributed by atoms with Crippen molar-refractivity contribution < 1.29 is 9.59 Å². The predicted molar refractivity (Wildman–Crippen MR) is 194 cm³/mol. The SMILES string of the molecule is Cc1ccc(C(C)C(=O)C=P(c2ccccc2)(c2ccccc2)c2ccccc2)cc1.Cc1ccc(C(C)C(=O)CBr)cc1. The number of carbonyl (C=O) groups excluding carboxylic acids is 2. The summed E-state index contributed by atoms with van der Waals surface area (Å²) in [4.78, 5) is 25.1. The summed E-state index contributed by atoms with van der Waals surface area (Å²) < 4.78 is 0. The molecule has 0 aromatic heterocycles. The Morgan fingerprint density at radius 1 is 0.568 bits per heavy atom. The highest BCUT2D eigenvalue weighted by atomic mass is 79.9. The van der Waals surface area contributed by atoms with E-state index in [1.807, 2.05) is 69.0 Å². The Kier molecular flexibility index (Phi) is 11.9. The monoisotopic (exact) mass is 662 g/mol. The predicted octanol–water partition coefficient (Wildman–Crippen LogP) is 8.53. The van der Waals surface area contributed by atoms with E-state index in [0.29, 0.717) is 5.33 Å². The maximum absolute atomic E-state index is 13.7. The smallest absolute Gasteiger partial charge is 0.163 e. The number of benzene rings is 5. The van der Waals surface area contributed by atoms with Gasteiger partial charge in [-0.2, -0.15) is 0 Å². The summed E-state index contributed by atoms with van der Waals surface area (Å²) in [6, 6.07) is 47.9. The summed E-state index contributed by atoms with van der Waals surface area (Å²) in [7, 11) is 0. The van der Waals surface area contributed by atoms with Crippen LogP contribution in [-0.2, 0) is 9.59 Å². The molecule has 0 spiro atoms. The van der Waals surface area contributed by atoms with Crippen LogP contribution in [-0.4, -0.2) is 22.7 Å². The van der Waals surface area contributed by atoms with Crippen molar-refractivity contribution in [1.82, 2.24) is 0 Å². The molecule has 0 heterocycles. The van der Waals surface area contributed by atoms with Crippen LogP contribution < -0.4 is 15.9 Å². The molecule has 0 aliphatic carbocycles. The van der Waals surface area contributed by atoms with Gasteiger partial charge in [-0.15, -0.1) is 0 Å². The lowest BCUT2D eigenvalue weighted by Gasteiger charge is -2.29. The molecule has 0 aliphatic heterocycles. The number of carbonyl (C=O) groups is 2. The largest absolute Gasteiger partial charge is 0.298 e. The minimum Gasteiger partial charge on any atom is -0.298 e. The molecule has 0 fully saturated rings. The van der Waals surface area contributed by atoms with Gasteiger partial charge >= 0.3 is 0 Å². The third kappa shape index (κ3) is 8.03. The third-order valence-electron chi connectivity index (χ3n) is 8.01. The van der Waals surface area contributed by atoms with E-state index in [2.05, 4.69) is 120 Å². The second-order valence-electron chi connectivity index (χ2n) is 11.1. The summed E-state index contributed by atoms with van der Waals surface area (Å²) >= 11 is 3.18. The minimum absolute atomic E-state index is 0.0000231. The lowest BCUT2D eigenvalue weighted by Crippen LogP contribution is -2.29. The Hall–Kier alpha value is -3.78. The standard InChI is InChI=1S/C29H27OP.C11H13BrO/c1-23-18-20-25(21-19-23)24(2)29(30)22-31(26-12-6-3-7-13-26,27-14-8-4-9-15-27)28-16-10-5-11-17-28;1-8-3-5-10(6-4-8)9(2)11(13)7-12/h3-22,24H,1-2H3;3-6,9H,7H2,1-2H3. The molecule has 0 saturated carbocycles. The van der Waals surface area contributed by atoms with Crippen LogP contribution in [0.1, 0.15) is 47.9 Å². The van der Waals surface area contributed by atoms with Crippen molar-refractivity contribution in [2.75, 3.05) is 5.33 Å². The van der Waals surface area contributed by atoms with Crippen molar-refractivity contribution in [2.24, 2.45) is 0 Å². The van der Waals surface area contributed by atoms with Gasteiger partial charge in [0, 0.05) is 11.8 Å². The Morgan fingerprint density at radius 2 is 0.909 bits per heavy atom. The van der Waals surface area contributed by atoms with Crippen LogP contribution in [0.25, 0.3) is 0 Å². The van der Waals surface area contributed by atoms with Crippen molar-refractivity contribution in [3.8, 4) is 0 Å². The summed E-state index contributed by atoms with van der Waals surface area (Å²) in [5, 5.41) is 4.01. The van der Waals surface area contributed by atoms with Crippen molar-refractivity contribution in [2.45, 2.75) is 39.5 Å². The van der Waals surface area contributed by atoms with Gasteiger partial charge in [0.05, 0.1) is 5.33 Å². The van der Waals surface area contributed by atoms with E-state index in [1.54, 1.807) is 0 Å². The van der Waals surface area contributed by atoms with E-state index < -0.39 is 6.89 Å². The van der Waals surface area contributed by atoms with Crippen LogP contribution in [0.15, 0.2) is 140 Å². The van der Waals surface area contributed by atoms with Crippen molar-refractivity contribution in [3.63, 3.8) is 0 Å². The van der Waals surface area contributed by atoms with Crippen LogP contribution in [0.4, 0.5) is 0 Å². The Morgan fingerprint density at radius 3 is 1.25 bits per heavy atom. The van der Waals surface area contributed by atoms with E-state index >= 15 is 0 Å². The highest BCUT2D eigenvalue weighted by Gasteiger charge is 2.27. The van der Waals surface area contributed by atoms with Crippen LogP contribution in [0.3, 0.4) is 0 Å². The fraction of sp³-hybridized carbons (Fsp3) is 0.175. The topological polar surface area (TPSA) is 34.1 Å². The molecular formula is C40H40BrO2P. The van der Waals surface area contributed by atoms with Gasteiger partial charge in [-0.25, -0.2) is 0 Å². The Labute approximate surface area is 271 Å². The second-order valence-corrected chi connectivity index (χ2v) is 14.9. The normalized spacial score (nSPS) is 12.3.